The third-order valence-corrected chi connectivity index (χ3v) is 7.41. The zero-order chi connectivity index (χ0) is 26.7. The highest BCUT2D eigenvalue weighted by molar-refractivity contribution is 6.30. The maximum absolute atomic E-state index is 13.5. The minimum absolute atomic E-state index is 0.0258. The average Bonchev–Trinajstić information content (AvgIpc) is 3.30. The molecule has 4 rings (SSSR count). The molecule has 2 aliphatic heterocycles. The van der Waals surface area contributed by atoms with Crippen LogP contribution in [0.25, 0.3) is 0 Å². The predicted octanol–water partition coefficient (Wildman–Crippen LogP) is 5.07. The summed E-state index contributed by atoms with van der Waals surface area (Å²) in [4.78, 5) is 42.9. The molecule has 198 valence electrons. The quantitative estimate of drug-likeness (QED) is 0.581. The van der Waals surface area contributed by atoms with Crippen molar-refractivity contribution < 1.29 is 28.6 Å². The molecule has 8 nitrogen and oxygen atoms in total. The topological polar surface area (TPSA) is 90.4 Å². The van der Waals surface area contributed by atoms with E-state index in [-0.39, 0.29) is 35.6 Å². The molecular weight excluding hydrogens is 501 g/mol. The van der Waals surface area contributed by atoms with Crippen molar-refractivity contribution in [2.75, 3.05) is 26.2 Å². The molecular formula is C27H31ClFN3O5. The molecule has 37 heavy (non-hydrogen) atoms. The Kier molecular flexibility index (Phi) is 8.22. The number of halogens is 2. The second-order valence-electron chi connectivity index (χ2n) is 9.84. The first-order valence-electron chi connectivity index (χ1n) is 12.4. The van der Waals surface area contributed by atoms with E-state index in [0.29, 0.717) is 44.0 Å². The van der Waals surface area contributed by atoms with E-state index >= 15 is 0 Å². The molecule has 0 aromatic heterocycles. The number of piperidine rings is 1. The molecule has 2 aromatic carbocycles. The van der Waals surface area contributed by atoms with E-state index in [1.54, 1.807) is 21.9 Å². The number of carbonyl (C=O) groups excluding carboxylic acids is 2. The lowest BCUT2D eigenvalue weighted by Gasteiger charge is -2.35. The normalized spacial score (nSPS) is 20.2. The van der Waals surface area contributed by atoms with Crippen molar-refractivity contribution in [2.45, 2.75) is 44.7 Å². The number of nitrogens with zero attached hydrogens (tertiary/aromatic N) is 3. The summed E-state index contributed by atoms with van der Waals surface area (Å²) in [5, 5.41) is 9.82. The van der Waals surface area contributed by atoms with Gasteiger partial charge in [-0.3, -0.25) is 9.69 Å². The van der Waals surface area contributed by atoms with Crippen LogP contribution < -0.4 is 4.74 Å². The summed E-state index contributed by atoms with van der Waals surface area (Å²) in [5.41, 5.74) is 0.950. The van der Waals surface area contributed by atoms with Crippen LogP contribution in [-0.2, 0) is 4.79 Å². The van der Waals surface area contributed by atoms with Crippen molar-refractivity contribution >= 4 is 29.7 Å². The van der Waals surface area contributed by atoms with E-state index in [9.17, 15) is 23.9 Å². The maximum Gasteiger partial charge on any atom is 0.415 e. The van der Waals surface area contributed by atoms with Gasteiger partial charge in [0.05, 0.1) is 6.04 Å². The zero-order valence-electron chi connectivity index (χ0n) is 20.8. The first-order chi connectivity index (χ1) is 17.6. The van der Waals surface area contributed by atoms with Gasteiger partial charge in [0, 0.05) is 49.1 Å². The van der Waals surface area contributed by atoms with E-state index in [2.05, 4.69) is 0 Å². The van der Waals surface area contributed by atoms with Crippen LogP contribution in [0.15, 0.2) is 48.5 Å². The molecule has 2 heterocycles. The standard InChI is InChI=1S/C27H31ClFN3O5/c1-17(2)32(27(36)37-22-9-7-21(29)8-10-22)24-16-31(15-23(24)18-3-5-20(28)6-4-18)25(33)19-11-13-30(14-12-19)26(34)35/h3-10,17,19,23-24H,11-16H2,1-2H3,(H,34,35)/t23-,24+/m0/s1. The fourth-order valence-electron chi connectivity index (χ4n) is 5.25. The van der Waals surface area contributed by atoms with Gasteiger partial charge in [-0.05, 0) is 68.7 Å². The van der Waals surface area contributed by atoms with Crippen LogP contribution in [0.5, 0.6) is 5.75 Å². The first kappa shape index (κ1) is 26.7. The molecule has 2 saturated heterocycles. The van der Waals surface area contributed by atoms with Gasteiger partial charge in [0.2, 0.25) is 5.91 Å². The molecule has 0 saturated carbocycles. The van der Waals surface area contributed by atoms with E-state index in [4.69, 9.17) is 16.3 Å². The van der Waals surface area contributed by atoms with Crippen molar-refractivity contribution in [3.63, 3.8) is 0 Å². The van der Waals surface area contributed by atoms with E-state index in [1.807, 2.05) is 26.0 Å². The molecule has 2 aromatic rings. The number of hydrogen-bond acceptors (Lipinski definition) is 4. The molecule has 2 fully saturated rings. The minimum Gasteiger partial charge on any atom is -0.465 e. The van der Waals surface area contributed by atoms with Gasteiger partial charge in [-0.25, -0.2) is 14.0 Å². The average molecular weight is 532 g/mol. The summed E-state index contributed by atoms with van der Waals surface area (Å²) in [7, 11) is 0. The highest BCUT2D eigenvalue weighted by Gasteiger charge is 2.44. The molecule has 0 aliphatic carbocycles. The Morgan fingerprint density at radius 2 is 1.62 bits per heavy atom. The van der Waals surface area contributed by atoms with Gasteiger partial charge >= 0.3 is 12.2 Å². The van der Waals surface area contributed by atoms with Crippen LogP contribution in [-0.4, -0.2) is 76.2 Å². The Hall–Kier alpha value is -3.33. The van der Waals surface area contributed by atoms with Crippen LogP contribution in [0.1, 0.15) is 38.2 Å². The monoisotopic (exact) mass is 531 g/mol. The number of carboxylic acid groups (broad SMARTS) is 1. The molecule has 10 heteroatoms. The van der Waals surface area contributed by atoms with Crippen LogP contribution in [0.4, 0.5) is 14.0 Å². The Bertz CT molecular complexity index is 1120. The van der Waals surface area contributed by atoms with Crippen molar-refractivity contribution in [3.8, 4) is 5.75 Å². The minimum atomic E-state index is -0.970. The largest absolute Gasteiger partial charge is 0.465 e. The molecule has 0 radical (unpaired) electrons. The smallest absolute Gasteiger partial charge is 0.415 e. The Morgan fingerprint density at radius 3 is 2.19 bits per heavy atom. The third kappa shape index (κ3) is 6.15. The molecule has 2 atom stereocenters. The summed E-state index contributed by atoms with van der Waals surface area (Å²) in [6.07, 6.45) is -0.603. The summed E-state index contributed by atoms with van der Waals surface area (Å²) in [6, 6.07) is 12.0. The predicted molar refractivity (Wildman–Crippen MR) is 136 cm³/mol. The van der Waals surface area contributed by atoms with E-state index in [0.717, 1.165) is 5.56 Å². The van der Waals surface area contributed by atoms with Gasteiger partial charge in [0.1, 0.15) is 11.6 Å². The summed E-state index contributed by atoms with van der Waals surface area (Å²) in [6.45, 7) is 5.16. The first-order valence-corrected chi connectivity index (χ1v) is 12.8. The Balaban J connectivity index is 1.57. The number of ether oxygens (including phenoxy) is 1. The lowest BCUT2D eigenvalue weighted by molar-refractivity contribution is -0.136. The number of hydrogen-bond donors (Lipinski definition) is 1. The molecule has 0 unspecified atom stereocenters. The summed E-state index contributed by atoms with van der Waals surface area (Å²) in [5.74, 6) is -0.664. The molecule has 2 aliphatic rings. The highest BCUT2D eigenvalue weighted by Crippen LogP contribution is 2.35. The van der Waals surface area contributed by atoms with E-state index < -0.39 is 18.0 Å². The summed E-state index contributed by atoms with van der Waals surface area (Å²) < 4.78 is 18.9. The molecule has 0 bridgehead atoms. The number of likely N-dealkylation sites (tertiary alicyclic amines) is 2. The number of carbonyl (C=O) groups is 3. The maximum atomic E-state index is 13.5. The van der Waals surface area contributed by atoms with Gasteiger partial charge in [0.15, 0.2) is 0 Å². The van der Waals surface area contributed by atoms with Crippen LogP contribution >= 0.6 is 11.6 Å². The third-order valence-electron chi connectivity index (χ3n) is 7.16. The SMILES string of the molecule is CC(C)N(C(=O)Oc1ccc(F)cc1)[C@@H]1CN(C(=O)C2CCN(C(=O)O)CC2)C[C@H]1c1ccc(Cl)cc1. The lowest BCUT2D eigenvalue weighted by atomic mass is 9.92. The number of rotatable bonds is 5. The van der Waals surface area contributed by atoms with Gasteiger partial charge in [-0.1, -0.05) is 23.7 Å². The zero-order valence-corrected chi connectivity index (χ0v) is 21.6. The van der Waals surface area contributed by atoms with Gasteiger partial charge in [-0.15, -0.1) is 0 Å². The second kappa shape index (κ2) is 11.4. The van der Waals surface area contributed by atoms with E-state index in [1.165, 1.54) is 29.2 Å². The van der Waals surface area contributed by atoms with Crippen LogP contribution in [0, 0.1) is 11.7 Å². The highest BCUT2D eigenvalue weighted by atomic mass is 35.5. The fourth-order valence-corrected chi connectivity index (χ4v) is 5.37. The molecule has 0 spiro atoms. The Morgan fingerprint density at radius 1 is 1.00 bits per heavy atom. The van der Waals surface area contributed by atoms with Crippen LogP contribution in [0.3, 0.4) is 0 Å². The lowest BCUT2D eigenvalue weighted by Crippen LogP contribution is -2.50. The van der Waals surface area contributed by atoms with Gasteiger partial charge in [-0.2, -0.15) is 0 Å². The number of amides is 3. The second-order valence-corrected chi connectivity index (χ2v) is 10.3. The summed E-state index contributed by atoms with van der Waals surface area (Å²) >= 11 is 6.11. The number of benzene rings is 2. The van der Waals surface area contributed by atoms with Crippen molar-refractivity contribution in [1.29, 1.82) is 0 Å². The van der Waals surface area contributed by atoms with Gasteiger partial charge < -0.3 is 19.6 Å². The van der Waals surface area contributed by atoms with Crippen molar-refractivity contribution in [1.82, 2.24) is 14.7 Å². The van der Waals surface area contributed by atoms with Gasteiger partial charge in [0.25, 0.3) is 0 Å². The molecule has 3 amide bonds. The van der Waals surface area contributed by atoms with Crippen LogP contribution in [0.2, 0.25) is 5.02 Å². The molecule has 1 N–H and O–H groups in total. The fraction of sp³-hybridized carbons (Fsp3) is 0.444. The van der Waals surface area contributed by atoms with Crippen molar-refractivity contribution in [2.24, 2.45) is 5.92 Å². The Labute approximate surface area is 220 Å². The van der Waals surface area contributed by atoms with Crippen molar-refractivity contribution in [3.05, 3.63) is 64.9 Å².